The largest absolute Gasteiger partial charge is 0.481 e. The van der Waals surface area contributed by atoms with E-state index in [1.807, 2.05) is 0 Å². The third-order valence-corrected chi connectivity index (χ3v) is 2.06. The number of hydrogen-bond donors (Lipinski definition) is 1. The molecular weight excluding hydrogens is 212 g/mol. The molecule has 90 valence electrons. The van der Waals surface area contributed by atoms with Gasteiger partial charge in [0.2, 0.25) is 11.8 Å². The zero-order chi connectivity index (χ0) is 11.8. The van der Waals surface area contributed by atoms with E-state index in [1.165, 1.54) is 0 Å². The Labute approximate surface area is 93.6 Å². The van der Waals surface area contributed by atoms with Gasteiger partial charge in [-0.15, -0.1) is 10.2 Å². The first-order valence-electron chi connectivity index (χ1n) is 5.24. The molecule has 0 bridgehead atoms. The summed E-state index contributed by atoms with van der Waals surface area (Å²) >= 11 is 0. The summed E-state index contributed by atoms with van der Waals surface area (Å²) in [7, 11) is 1.61. The molecule has 6 heteroatoms. The number of nitrogens with zero attached hydrogens (tertiary/aromatic N) is 2. The van der Waals surface area contributed by atoms with Crippen LogP contribution >= 0.6 is 0 Å². The summed E-state index contributed by atoms with van der Waals surface area (Å²) in [5.41, 5.74) is 0. The molecule has 6 nitrogen and oxygen atoms in total. The molecule has 1 rings (SSSR count). The second-order valence-corrected chi connectivity index (χ2v) is 3.43. The minimum absolute atomic E-state index is 0.185. The lowest BCUT2D eigenvalue weighted by molar-refractivity contribution is -0.137. The fourth-order valence-electron chi connectivity index (χ4n) is 1.23. The van der Waals surface area contributed by atoms with Crippen molar-refractivity contribution in [3.8, 4) is 0 Å². The first-order chi connectivity index (χ1) is 7.72. The van der Waals surface area contributed by atoms with E-state index in [1.54, 1.807) is 7.11 Å². The summed E-state index contributed by atoms with van der Waals surface area (Å²) in [5, 5.41) is 16.2. The van der Waals surface area contributed by atoms with Gasteiger partial charge in [0.25, 0.3) is 0 Å². The number of aryl methyl sites for hydroxylation is 1. The molecule has 1 N–H and O–H groups in total. The Morgan fingerprint density at radius 3 is 2.62 bits per heavy atom. The zero-order valence-electron chi connectivity index (χ0n) is 9.31. The average Bonchev–Trinajstić information content (AvgIpc) is 2.69. The molecule has 0 unspecified atom stereocenters. The van der Waals surface area contributed by atoms with Crippen molar-refractivity contribution in [2.24, 2.45) is 0 Å². The van der Waals surface area contributed by atoms with Crippen LogP contribution in [0.1, 0.15) is 31.0 Å². The second kappa shape index (κ2) is 6.95. The lowest BCUT2D eigenvalue weighted by Gasteiger charge is -1.94. The Hall–Kier alpha value is -1.43. The predicted molar refractivity (Wildman–Crippen MR) is 55.1 cm³/mol. The van der Waals surface area contributed by atoms with Gasteiger partial charge in [-0.1, -0.05) is 0 Å². The van der Waals surface area contributed by atoms with Crippen LogP contribution in [0, 0.1) is 0 Å². The maximum Gasteiger partial charge on any atom is 0.303 e. The molecule has 0 saturated heterocycles. The summed E-state index contributed by atoms with van der Waals surface area (Å²) in [4.78, 5) is 10.3. The van der Waals surface area contributed by atoms with Crippen molar-refractivity contribution < 1.29 is 19.1 Å². The lowest BCUT2D eigenvalue weighted by atomic mass is 10.2. The highest BCUT2D eigenvalue weighted by atomic mass is 16.5. The van der Waals surface area contributed by atoms with Crippen LogP contribution in [0.4, 0.5) is 0 Å². The number of aliphatic carboxylic acids is 1. The van der Waals surface area contributed by atoms with E-state index in [-0.39, 0.29) is 6.42 Å². The molecule has 0 aromatic carbocycles. The van der Waals surface area contributed by atoms with E-state index in [4.69, 9.17) is 14.3 Å². The normalized spacial score (nSPS) is 10.6. The highest BCUT2D eigenvalue weighted by Gasteiger charge is 2.05. The van der Waals surface area contributed by atoms with Crippen molar-refractivity contribution >= 4 is 5.97 Å². The third-order valence-electron chi connectivity index (χ3n) is 2.06. The van der Waals surface area contributed by atoms with Gasteiger partial charge >= 0.3 is 5.97 Å². The predicted octanol–water partition coefficient (Wildman–Crippen LogP) is 1.06. The quantitative estimate of drug-likeness (QED) is 0.669. The molecular formula is C10H16N2O4. The first kappa shape index (κ1) is 12.6. The van der Waals surface area contributed by atoms with E-state index >= 15 is 0 Å². The van der Waals surface area contributed by atoms with Crippen LogP contribution in [0.3, 0.4) is 0 Å². The van der Waals surface area contributed by atoms with E-state index in [0.29, 0.717) is 37.7 Å². The van der Waals surface area contributed by atoms with Gasteiger partial charge in [-0.3, -0.25) is 4.79 Å². The van der Waals surface area contributed by atoms with Crippen LogP contribution in [0.5, 0.6) is 0 Å². The van der Waals surface area contributed by atoms with Crippen LogP contribution in [0.25, 0.3) is 0 Å². The lowest BCUT2D eigenvalue weighted by Crippen LogP contribution is -1.95. The molecule has 0 amide bonds. The van der Waals surface area contributed by atoms with Crippen molar-refractivity contribution in [3.63, 3.8) is 0 Å². The van der Waals surface area contributed by atoms with Crippen LogP contribution in [0.2, 0.25) is 0 Å². The van der Waals surface area contributed by atoms with Gasteiger partial charge in [0.1, 0.15) is 0 Å². The minimum Gasteiger partial charge on any atom is -0.481 e. The number of carbonyl (C=O) groups is 1. The number of rotatable bonds is 8. The van der Waals surface area contributed by atoms with Crippen LogP contribution in [-0.2, 0) is 22.4 Å². The van der Waals surface area contributed by atoms with Gasteiger partial charge in [-0.05, 0) is 12.8 Å². The standard InChI is InChI=1S/C10H16N2O4/c1-15-7-6-9-12-11-8(16-9)4-2-3-5-10(13)14/h2-7H2,1H3,(H,13,14). The van der Waals surface area contributed by atoms with E-state index in [0.717, 1.165) is 6.42 Å². The monoisotopic (exact) mass is 228 g/mol. The minimum atomic E-state index is -0.772. The molecule has 1 heterocycles. The maximum atomic E-state index is 10.3. The Kier molecular flexibility index (Phi) is 5.49. The number of aromatic nitrogens is 2. The van der Waals surface area contributed by atoms with Gasteiger partial charge in [-0.2, -0.15) is 0 Å². The molecule has 0 atom stereocenters. The molecule has 0 radical (unpaired) electrons. The van der Waals surface area contributed by atoms with Gasteiger partial charge in [0, 0.05) is 26.4 Å². The van der Waals surface area contributed by atoms with Gasteiger partial charge in [0.05, 0.1) is 6.61 Å². The van der Waals surface area contributed by atoms with Crippen LogP contribution < -0.4 is 0 Å². The van der Waals surface area contributed by atoms with Crippen molar-refractivity contribution in [1.82, 2.24) is 10.2 Å². The summed E-state index contributed by atoms with van der Waals surface area (Å²) in [6.07, 6.45) is 2.81. The number of carboxylic acids is 1. The highest BCUT2D eigenvalue weighted by molar-refractivity contribution is 5.66. The molecule has 0 spiro atoms. The Bertz CT molecular complexity index is 324. The Balaban J connectivity index is 2.21. The van der Waals surface area contributed by atoms with Gasteiger partial charge < -0.3 is 14.3 Å². The topological polar surface area (TPSA) is 85.5 Å². The van der Waals surface area contributed by atoms with Crippen LogP contribution in [0.15, 0.2) is 4.42 Å². The molecule has 0 fully saturated rings. The summed E-state index contributed by atoms with van der Waals surface area (Å²) < 4.78 is 10.2. The van der Waals surface area contributed by atoms with E-state index < -0.39 is 5.97 Å². The van der Waals surface area contributed by atoms with E-state index in [9.17, 15) is 4.79 Å². The molecule has 0 aliphatic heterocycles. The van der Waals surface area contributed by atoms with Crippen molar-refractivity contribution in [1.29, 1.82) is 0 Å². The molecule has 1 aromatic heterocycles. The van der Waals surface area contributed by atoms with Gasteiger partial charge in [0.15, 0.2) is 0 Å². The molecule has 1 aromatic rings. The number of unbranched alkanes of at least 4 members (excludes halogenated alkanes) is 1. The zero-order valence-corrected chi connectivity index (χ0v) is 9.31. The van der Waals surface area contributed by atoms with Crippen molar-refractivity contribution in [2.45, 2.75) is 32.1 Å². The van der Waals surface area contributed by atoms with Crippen LogP contribution in [-0.4, -0.2) is 35.0 Å². The Morgan fingerprint density at radius 2 is 2.00 bits per heavy atom. The first-order valence-corrected chi connectivity index (χ1v) is 5.24. The smallest absolute Gasteiger partial charge is 0.303 e. The fraction of sp³-hybridized carbons (Fsp3) is 0.700. The number of methoxy groups -OCH3 is 1. The summed E-state index contributed by atoms with van der Waals surface area (Å²) in [5.74, 6) is 0.359. The highest BCUT2D eigenvalue weighted by Crippen LogP contribution is 2.06. The number of ether oxygens (including phenoxy) is 1. The summed E-state index contributed by atoms with van der Waals surface area (Å²) in [6.45, 7) is 0.556. The van der Waals surface area contributed by atoms with E-state index in [2.05, 4.69) is 10.2 Å². The molecule has 0 aliphatic carbocycles. The summed E-state index contributed by atoms with van der Waals surface area (Å²) in [6, 6.07) is 0. The fourth-order valence-corrected chi connectivity index (χ4v) is 1.23. The third kappa shape index (κ3) is 4.88. The SMILES string of the molecule is COCCc1nnc(CCCCC(=O)O)o1. The second-order valence-electron chi connectivity index (χ2n) is 3.43. The number of carboxylic acid groups (broad SMARTS) is 1. The molecule has 0 aliphatic rings. The van der Waals surface area contributed by atoms with Crippen molar-refractivity contribution in [2.75, 3.05) is 13.7 Å². The Morgan fingerprint density at radius 1 is 1.31 bits per heavy atom. The van der Waals surface area contributed by atoms with Crippen molar-refractivity contribution in [3.05, 3.63) is 11.8 Å². The van der Waals surface area contributed by atoms with Gasteiger partial charge in [-0.25, -0.2) is 0 Å². The average molecular weight is 228 g/mol. The molecule has 16 heavy (non-hydrogen) atoms. The molecule has 0 saturated carbocycles. The maximum absolute atomic E-state index is 10.3. The number of hydrogen-bond acceptors (Lipinski definition) is 5.